The molecule has 0 saturated carbocycles. The van der Waals surface area contributed by atoms with Gasteiger partial charge in [-0.2, -0.15) is 5.10 Å². The Morgan fingerprint density at radius 1 is 1.50 bits per heavy atom. The lowest BCUT2D eigenvalue weighted by molar-refractivity contribution is 0.794. The predicted molar refractivity (Wildman–Crippen MR) is 50.3 cm³/mol. The molecule has 3 heteroatoms. The van der Waals surface area contributed by atoms with Gasteiger partial charge in [0.05, 0.1) is 11.7 Å². The molecule has 0 aliphatic heterocycles. The van der Waals surface area contributed by atoms with Crippen LogP contribution in [0.15, 0.2) is 24.4 Å². The highest BCUT2D eigenvalue weighted by Crippen LogP contribution is 2.18. The second kappa shape index (κ2) is 2.79. The molecule has 1 aromatic heterocycles. The first-order valence-corrected chi connectivity index (χ1v) is 4.32. The van der Waals surface area contributed by atoms with Crippen molar-refractivity contribution in [2.75, 3.05) is 0 Å². The summed E-state index contributed by atoms with van der Waals surface area (Å²) in [5.74, 6) is 0.539. The number of para-hydroxylation sites is 1. The number of halogens is 1. The first kappa shape index (κ1) is 7.62. The van der Waals surface area contributed by atoms with Gasteiger partial charge in [0.15, 0.2) is 0 Å². The Labute approximate surface area is 75.8 Å². The van der Waals surface area contributed by atoms with E-state index in [2.05, 4.69) is 5.10 Å². The van der Waals surface area contributed by atoms with E-state index >= 15 is 0 Å². The number of hydrogen-bond donors (Lipinski definition) is 0. The third-order valence-corrected chi connectivity index (χ3v) is 2.28. The van der Waals surface area contributed by atoms with E-state index in [-0.39, 0.29) is 0 Å². The molecule has 0 aliphatic rings. The topological polar surface area (TPSA) is 17.8 Å². The van der Waals surface area contributed by atoms with Crippen LogP contribution in [0.1, 0.15) is 5.56 Å². The number of fused-ring (bicyclic) bond motifs is 1. The van der Waals surface area contributed by atoms with Gasteiger partial charge < -0.3 is 0 Å². The molecule has 0 N–H and O–H groups in total. The maximum Gasteiger partial charge on any atom is 0.0723 e. The van der Waals surface area contributed by atoms with Crippen LogP contribution >= 0.6 is 11.6 Å². The zero-order valence-electron chi connectivity index (χ0n) is 6.79. The number of alkyl halides is 1. The quantitative estimate of drug-likeness (QED) is 0.616. The second-order valence-electron chi connectivity index (χ2n) is 2.76. The fourth-order valence-electron chi connectivity index (χ4n) is 1.42. The average Bonchev–Trinajstić information content (AvgIpc) is 2.48. The molecule has 2 aromatic rings. The fourth-order valence-corrected chi connectivity index (χ4v) is 1.64. The van der Waals surface area contributed by atoms with Crippen LogP contribution in [0.25, 0.3) is 10.9 Å². The number of nitrogens with zero attached hydrogens (tertiary/aromatic N) is 2. The Morgan fingerprint density at radius 3 is 3.08 bits per heavy atom. The highest BCUT2D eigenvalue weighted by atomic mass is 35.5. The van der Waals surface area contributed by atoms with Crippen LogP contribution < -0.4 is 0 Å². The summed E-state index contributed by atoms with van der Waals surface area (Å²) in [5, 5.41) is 5.31. The van der Waals surface area contributed by atoms with Gasteiger partial charge in [0.1, 0.15) is 0 Å². The van der Waals surface area contributed by atoms with Crippen LogP contribution in [0, 0.1) is 0 Å². The molecule has 0 aliphatic carbocycles. The van der Waals surface area contributed by atoms with Gasteiger partial charge in [-0.15, -0.1) is 11.6 Å². The molecule has 62 valence electrons. The van der Waals surface area contributed by atoms with Crippen LogP contribution in [-0.4, -0.2) is 9.78 Å². The number of aromatic nitrogens is 2. The molecule has 12 heavy (non-hydrogen) atoms. The minimum absolute atomic E-state index is 0.539. The third kappa shape index (κ3) is 0.994. The van der Waals surface area contributed by atoms with E-state index in [9.17, 15) is 0 Å². The van der Waals surface area contributed by atoms with Crippen molar-refractivity contribution in [1.29, 1.82) is 0 Å². The van der Waals surface area contributed by atoms with Crippen LogP contribution in [0.4, 0.5) is 0 Å². The molecule has 0 saturated heterocycles. The zero-order valence-corrected chi connectivity index (χ0v) is 7.54. The van der Waals surface area contributed by atoms with Gasteiger partial charge in [-0.1, -0.05) is 18.2 Å². The van der Waals surface area contributed by atoms with Crippen molar-refractivity contribution in [2.24, 2.45) is 7.05 Å². The molecule has 0 amide bonds. The number of hydrogen-bond acceptors (Lipinski definition) is 1. The smallest absolute Gasteiger partial charge is 0.0723 e. The molecule has 1 heterocycles. The molecule has 2 nitrogen and oxygen atoms in total. The van der Waals surface area contributed by atoms with Crippen LogP contribution in [0.5, 0.6) is 0 Å². The van der Waals surface area contributed by atoms with Crippen molar-refractivity contribution in [2.45, 2.75) is 5.88 Å². The number of rotatable bonds is 1. The zero-order chi connectivity index (χ0) is 8.55. The summed E-state index contributed by atoms with van der Waals surface area (Å²) in [7, 11) is 1.93. The molecular weight excluding hydrogens is 172 g/mol. The summed E-state index contributed by atoms with van der Waals surface area (Å²) in [6, 6.07) is 6.07. The van der Waals surface area contributed by atoms with E-state index in [1.807, 2.05) is 36.1 Å². The molecule has 1 aromatic carbocycles. The first-order chi connectivity index (χ1) is 5.83. The summed E-state index contributed by atoms with van der Waals surface area (Å²) in [4.78, 5) is 0. The van der Waals surface area contributed by atoms with Crippen molar-refractivity contribution in [3.05, 3.63) is 30.0 Å². The molecule has 0 unspecified atom stereocenters. The van der Waals surface area contributed by atoms with Crippen molar-refractivity contribution in [1.82, 2.24) is 9.78 Å². The lowest BCUT2D eigenvalue weighted by atomic mass is 10.2. The van der Waals surface area contributed by atoms with Gasteiger partial charge in [-0.05, 0) is 5.56 Å². The third-order valence-electron chi connectivity index (χ3n) is 1.99. The standard InChI is InChI=1S/C9H9ClN2/c1-12-9-7(5-10)3-2-4-8(9)6-11-12/h2-4,6H,5H2,1H3. The number of aryl methyl sites for hydroxylation is 1. The van der Waals surface area contributed by atoms with E-state index in [4.69, 9.17) is 11.6 Å². The van der Waals surface area contributed by atoms with Crippen molar-refractivity contribution < 1.29 is 0 Å². The predicted octanol–water partition coefficient (Wildman–Crippen LogP) is 2.31. The summed E-state index contributed by atoms with van der Waals surface area (Å²) in [6.07, 6.45) is 1.85. The lowest BCUT2D eigenvalue weighted by Crippen LogP contribution is -1.92. The molecule has 0 radical (unpaired) electrons. The maximum atomic E-state index is 5.79. The lowest BCUT2D eigenvalue weighted by Gasteiger charge is -1.99. The molecule has 0 spiro atoms. The first-order valence-electron chi connectivity index (χ1n) is 3.78. The van der Waals surface area contributed by atoms with E-state index in [1.165, 1.54) is 0 Å². The molecule has 2 rings (SSSR count). The monoisotopic (exact) mass is 180 g/mol. The highest BCUT2D eigenvalue weighted by molar-refractivity contribution is 6.17. The molecular formula is C9H9ClN2. The molecule has 0 atom stereocenters. The van der Waals surface area contributed by atoms with Gasteiger partial charge in [0, 0.05) is 18.3 Å². The van der Waals surface area contributed by atoms with E-state index in [1.54, 1.807) is 0 Å². The SMILES string of the molecule is Cn1ncc2cccc(CCl)c21. The Kier molecular flexibility index (Phi) is 1.77. The van der Waals surface area contributed by atoms with Crippen LogP contribution in [0.3, 0.4) is 0 Å². The Bertz CT molecular complexity index is 406. The Balaban J connectivity index is 2.84. The molecule has 0 bridgehead atoms. The Hall–Kier alpha value is -1.02. The van der Waals surface area contributed by atoms with E-state index < -0.39 is 0 Å². The summed E-state index contributed by atoms with van der Waals surface area (Å²) in [6.45, 7) is 0. The van der Waals surface area contributed by atoms with Gasteiger partial charge in [-0.3, -0.25) is 4.68 Å². The van der Waals surface area contributed by atoms with Gasteiger partial charge in [0.25, 0.3) is 0 Å². The fraction of sp³-hybridized carbons (Fsp3) is 0.222. The largest absolute Gasteiger partial charge is 0.268 e. The second-order valence-corrected chi connectivity index (χ2v) is 3.02. The van der Waals surface area contributed by atoms with Gasteiger partial charge in [0.2, 0.25) is 0 Å². The summed E-state index contributed by atoms with van der Waals surface area (Å²) >= 11 is 5.79. The van der Waals surface area contributed by atoms with Crippen LogP contribution in [-0.2, 0) is 12.9 Å². The van der Waals surface area contributed by atoms with Crippen molar-refractivity contribution in [3.63, 3.8) is 0 Å². The maximum absolute atomic E-state index is 5.79. The van der Waals surface area contributed by atoms with Crippen molar-refractivity contribution >= 4 is 22.5 Å². The summed E-state index contributed by atoms with van der Waals surface area (Å²) < 4.78 is 1.85. The van der Waals surface area contributed by atoms with E-state index in [0.29, 0.717) is 5.88 Å². The average molecular weight is 181 g/mol. The van der Waals surface area contributed by atoms with E-state index in [0.717, 1.165) is 16.5 Å². The minimum Gasteiger partial charge on any atom is -0.268 e. The Morgan fingerprint density at radius 2 is 2.33 bits per heavy atom. The number of benzene rings is 1. The van der Waals surface area contributed by atoms with Gasteiger partial charge in [-0.25, -0.2) is 0 Å². The van der Waals surface area contributed by atoms with Crippen LogP contribution in [0.2, 0.25) is 0 Å². The normalized spacial score (nSPS) is 10.8. The minimum atomic E-state index is 0.539. The highest BCUT2D eigenvalue weighted by Gasteiger charge is 2.02. The van der Waals surface area contributed by atoms with Crippen molar-refractivity contribution in [3.8, 4) is 0 Å². The van der Waals surface area contributed by atoms with Gasteiger partial charge >= 0.3 is 0 Å². The molecule has 0 fully saturated rings. The summed E-state index contributed by atoms with van der Waals surface area (Å²) in [5.41, 5.74) is 2.27.